The van der Waals surface area contributed by atoms with Crippen molar-refractivity contribution >= 4 is 11.8 Å². The Morgan fingerprint density at radius 3 is 2.88 bits per heavy atom. The van der Waals surface area contributed by atoms with Crippen molar-refractivity contribution in [2.45, 2.75) is 26.3 Å². The number of hydrogen-bond acceptors (Lipinski definition) is 5. The summed E-state index contributed by atoms with van der Waals surface area (Å²) < 4.78 is 5.20. The average Bonchev–Trinajstić information content (AvgIpc) is 3.20. The number of aromatic nitrogens is 2. The molecule has 2 heterocycles. The van der Waals surface area contributed by atoms with Crippen molar-refractivity contribution in [1.29, 1.82) is 0 Å². The molecule has 0 aliphatic carbocycles. The van der Waals surface area contributed by atoms with E-state index >= 15 is 0 Å². The SMILES string of the molecule is CCN1C[C@@H](C(=O)NCc2noc(Cc3ccccc3)n2)CC1=O. The summed E-state index contributed by atoms with van der Waals surface area (Å²) in [4.78, 5) is 29.8. The number of amides is 2. The maximum absolute atomic E-state index is 12.1. The summed E-state index contributed by atoms with van der Waals surface area (Å²) in [5.41, 5.74) is 1.08. The molecule has 0 spiro atoms. The first kappa shape index (κ1) is 16.2. The lowest BCUT2D eigenvalue weighted by Crippen LogP contribution is -2.32. The number of carbonyl (C=O) groups excluding carboxylic acids is 2. The molecule has 0 radical (unpaired) electrons. The molecule has 3 rings (SSSR count). The van der Waals surface area contributed by atoms with Gasteiger partial charge in [-0.1, -0.05) is 35.5 Å². The van der Waals surface area contributed by atoms with E-state index in [0.717, 1.165) is 5.56 Å². The van der Waals surface area contributed by atoms with Crippen LogP contribution in [0.2, 0.25) is 0 Å². The quantitative estimate of drug-likeness (QED) is 0.859. The molecule has 0 unspecified atom stereocenters. The van der Waals surface area contributed by atoms with Gasteiger partial charge in [-0.2, -0.15) is 4.98 Å². The van der Waals surface area contributed by atoms with Gasteiger partial charge in [0, 0.05) is 19.5 Å². The molecule has 1 atom stereocenters. The second-order valence-electron chi connectivity index (χ2n) is 5.82. The smallest absolute Gasteiger partial charge is 0.231 e. The number of hydrogen-bond donors (Lipinski definition) is 1. The third-order valence-electron chi connectivity index (χ3n) is 4.10. The van der Waals surface area contributed by atoms with Gasteiger partial charge in [-0.3, -0.25) is 9.59 Å². The van der Waals surface area contributed by atoms with Crippen LogP contribution in [0, 0.1) is 5.92 Å². The lowest BCUT2D eigenvalue weighted by Gasteiger charge is -2.13. The van der Waals surface area contributed by atoms with E-state index in [4.69, 9.17) is 4.52 Å². The lowest BCUT2D eigenvalue weighted by atomic mass is 10.1. The second kappa shape index (κ2) is 7.25. The van der Waals surface area contributed by atoms with Gasteiger partial charge in [0.1, 0.15) is 0 Å². The van der Waals surface area contributed by atoms with Crippen molar-refractivity contribution in [3.63, 3.8) is 0 Å². The molecule has 2 aromatic rings. The third kappa shape index (κ3) is 3.79. The third-order valence-corrected chi connectivity index (χ3v) is 4.10. The summed E-state index contributed by atoms with van der Waals surface area (Å²) in [7, 11) is 0. The number of benzene rings is 1. The van der Waals surface area contributed by atoms with E-state index < -0.39 is 0 Å². The fraction of sp³-hybridized carbons (Fsp3) is 0.412. The van der Waals surface area contributed by atoms with Gasteiger partial charge in [-0.05, 0) is 12.5 Å². The Hall–Kier alpha value is -2.70. The first-order chi connectivity index (χ1) is 11.7. The monoisotopic (exact) mass is 328 g/mol. The molecular weight excluding hydrogens is 308 g/mol. The molecular formula is C17H20N4O3. The zero-order valence-electron chi connectivity index (χ0n) is 13.6. The summed E-state index contributed by atoms with van der Waals surface area (Å²) in [6.45, 7) is 3.22. The zero-order chi connectivity index (χ0) is 16.9. The fourth-order valence-electron chi connectivity index (χ4n) is 2.77. The Bertz CT molecular complexity index is 714. The van der Waals surface area contributed by atoms with Gasteiger partial charge >= 0.3 is 0 Å². The number of rotatable bonds is 6. The van der Waals surface area contributed by atoms with E-state index in [1.165, 1.54) is 0 Å². The van der Waals surface area contributed by atoms with Crippen LogP contribution in [0.5, 0.6) is 0 Å². The minimum Gasteiger partial charge on any atom is -0.348 e. The van der Waals surface area contributed by atoms with Crippen molar-refractivity contribution < 1.29 is 14.1 Å². The van der Waals surface area contributed by atoms with Crippen molar-refractivity contribution in [2.24, 2.45) is 5.92 Å². The lowest BCUT2D eigenvalue weighted by molar-refractivity contribution is -0.128. The van der Waals surface area contributed by atoms with Crippen molar-refractivity contribution in [3.8, 4) is 0 Å². The van der Waals surface area contributed by atoms with Gasteiger partial charge in [-0.15, -0.1) is 0 Å². The number of nitrogens with zero attached hydrogens (tertiary/aromatic N) is 3. The van der Waals surface area contributed by atoms with Gasteiger partial charge < -0.3 is 14.7 Å². The Balaban J connectivity index is 1.50. The minimum absolute atomic E-state index is 0.0300. The van der Waals surface area contributed by atoms with E-state index in [-0.39, 0.29) is 30.7 Å². The normalized spacial score (nSPS) is 17.3. The topological polar surface area (TPSA) is 88.3 Å². The van der Waals surface area contributed by atoms with Gasteiger partial charge in [0.2, 0.25) is 17.7 Å². The highest BCUT2D eigenvalue weighted by atomic mass is 16.5. The van der Waals surface area contributed by atoms with Crippen LogP contribution >= 0.6 is 0 Å². The van der Waals surface area contributed by atoms with Crippen LogP contribution in [0.25, 0.3) is 0 Å². The molecule has 1 saturated heterocycles. The maximum Gasteiger partial charge on any atom is 0.231 e. The molecule has 0 bridgehead atoms. The van der Waals surface area contributed by atoms with Crippen LogP contribution in [0.4, 0.5) is 0 Å². The largest absolute Gasteiger partial charge is 0.348 e. The van der Waals surface area contributed by atoms with E-state index in [9.17, 15) is 9.59 Å². The molecule has 7 heteroatoms. The first-order valence-corrected chi connectivity index (χ1v) is 8.06. The Morgan fingerprint density at radius 2 is 2.17 bits per heavy atom. The maximum atomic E-state index is 12.1. The molecule has 24 heavy (non-hydrogen) atoms. The predicted molar refractivity (Wildman–Crippen MR) is 85.8 cm³/mol. The zero-order valence-corrected chi connectivity index (χ0v) is 13.6. The van der Waals surface area contributed by atoms with Crippen LogP contribution < -0.4 is 5.32 Å². The van der Waals surface area contributed by atoms with Gasteiger partial charge in [0.15, 0.2) is 5.82 Å². The highest BCUT2D eigenvalue weighted by Crippen LogP contribution is 2.17. The first-order valence-electron chi connectivity index (χ1n) is 8.06. The summed E-state index contributed by atoms with van der Waals surface area (Å²) in [6.07, 6.45) is 0.829. The van der Waals surface area contributed by atoms with Crippen LogP contribution in [0.3, 0.4) is 0 Å². The highest BCUT2D eigenvalue weighted by Gasteiger charge is 2.33. The molecule has 2 amide bonds. The van der Waals surface area contributed by atoms with Crippen LogP contribution in [0.1, 0.15) is 30.6 Å². The molecule has 0 saturated carbocycles. The van der Waals surface area contributed by atoms with Gasteiger partial charge in [0.25, 0.3) is 0 Å². The molecule has 1 N–H and O–H groups in total. The van der Waals surface area contributed by atoms with Crippen LogP contribution in [-0.4, -0.2) is 39.9 Å². The second-order valence-corrected chi connectivity index (χ2v) is 5.82. The van der Waals surface area contributed by atoms with Crippen LogP contribution in [0.15, 0.2) is 34.9 Å². The number of likely N-dealkylation sites (tertiary alicyclic amines) is 1. The molecule has 1 aromatic carbocycles. The molecule has 7 nitrogen and oxygen atoms in total. The summed E-state index contributed by atoms with van der Waals surface area (Å²) in [5, 5.41) is 6.66. The molecule has 126 valence electrons. The number of carbonyl (C=O) groups is 2. The summed E-state index contributed by atoms with van der Waals surface area (Å²) >= 11 is 0. The molecule has 1 aliphatic heterocycles. The fourth-order valence-corrected chi connectivity index (χ4v) is 2.77. The summed E-state index contributed by atoms with van der Waals surface area (Å²) in [6, 6.07) is 9.83. The molecule has 1 aromatic heterocycles. The molecule has 1 aliphatic rings. The van der Waals surface area contributed by atoms with E-state index in [1.54, 1.807) is 4.90 Å². The Kier molecular flexibility index (Phi) is 4.88. The minimum atomic E-state index is -0.298. The molecule has 1 fully saturated rings. The number of nitrogens with one attached hydrogen (secondary N) is 1. The highest BCUT2D eigenvalue weighted by molar-refractivity contribution is 5.89. The van der Waals surface area contributed by atoms with Crippen LogP contribution in [-0.2, 0) is 22.6 Å². The standard InChI is InChI=1S/C17H20N4O3/c1-2-21-11-13(9-16(21)22)17(23)18-10-14-19-15(24-20-14)8-12-6-4-3-5-7-12/h3-7,13H,2,8-11H2,1H3,(H,18,23)/t13-/m0/s1. The summed E-state index contributed by atoms with van der Waals surface area (Å²) in [5.74, 6) is 0.536. The van der Waals surface area contributed by atoms with Crippen molar-refractivity contribution in [2.75, 3.05) is 13.1 Å². The predicted octanol–water partition coefficient (Wildman–Crippen LogP) is 1.14. The van der Waals surface area contributed by atoms with E-state index in [0.29, 0.717) is 31.2 Å². The van der Waals surface area contributed by atoms with Crippen molar-refractivity contribution in [1.82, 2.24) is 20.4 Å². The van der Waals surface area contributed by atoms with Gasteiger partial charge in [-0.25, -0.2) is 0 Å². The Morgan fingerprint density at radius 1 is 1.38 bits per heavy atom. The Labute approximate surface area is 140 Å². The average molecular weight is 328 g/mol. The van der Waals surface area contributed by atoms with E-state index in [1.807, 2.05) is 37.3 Å². The van der Waals surface area contributed by atoms with Gasteiger partial charge in [0.05, 0.1) is 18.9 Å². The van der Waals surface area contributed by atoms with Crippen molar-refractivity contribution in [3.05, 3.63) is 47.6 Å². The van der Waals surface area contributed by atoms with E-state index in [2.05, 4.69) is 15.5 Å².